The molecule has 1 heterocycles. The van der Waals surface area contributed by atoms with Gasteiger partial charge in [0.05, 0.1) is 11.5 Å². The van der Waals surface area contributed by atoms with Crippen molar-refractivity contribution in [2.24, 2.45) is 0 Å². The summed E-state index contributed by atoms with van der Waals surface area (Å²) < 4.78 is 10.5. The molecule has 0 spiro atoms. The smallest absolute Gasteiger partial charge is 0.326 e. The molecule has 1 aliphatic rings. The van der Waals surface area contributed by atoms with Crippen molar-refractivity contribution in [2.45, 2.75) is 13.5 Å². The number of esters is 1. The highest BCUT2D eigenvalue weighted by Crippen LogP contribution is 2.32. The molecule has 6 nitrogen and oxygen atoms in total. The van der Waals surface area contributed by atoms with Crippen LogP contribution in [0, 0.1) is 0 Å². The van der Waals surface area contributed by atoms with Gasteiger partial charge in [-0.05, 0) is 48.0 Å². The number of hydrogen-bond donors (Lipinski definition) is 0. The molecule has 1 saturated heterocycles. The summed E-state index contributed by atoms with van der Waals surface area (Å²) in [5.41, 5.74) is 1.83. The lowest BCUT2D eigenvalue weighted by atomic mass is 10.2. The van der Waals surface area contributed by atoms with E-state index in [9.17, 15) is 14.4 Å². The molecule has 2 aromatic rings. The molecule has 0 aliphatic carbocycles. The van der Waals surface area contributed by atoms with E-state index in [4.69, 9.17) is 9.47 Å². The van der Waals surface area contributed by atoms with Gasteiger partial charge in [-0.3, -0.25) is 19.3 Å². The van der Waals surface area contributed by atoms with Crippen LogP contribution in [0.1, 0.15) is 18.1 Å². The van der Waals surface area contributed by atoms with E-state index in [0.717, 1.165) is 27.8 Å². The van der Waals surface area contributed by atoms with Crippen molar-refractivity contribution in [3.63, 3.8) is 0 Å². The fourth-order valence-corrected chi connectivity index (χ4v) is 3.36. The maximum atomic E-state index is 12.4. The normalized spacial score (nSPS) is 15.2. The monoisotopic (exact) mass is 397 g/mol. The summed E-state index contributed by atoms with van der Waals surface area (Å²) in [6.45, 7) is 1.96. The first-order chi connectivity index (χ1) is 13.6. The molecule has 2 aromatic carbocycles. The third kappa shape index (κ3) is 5.01. The van der Waals surface area contributed by atoms with E-state index in [1.807, 2.05) is 30.3 Å². The molecule has 0 radical (unpaired) electrons. The second kappa shape index (κ2) is 9.23. The minimum Gasteiger partial charge on any atom is -0.489 e. The van der Waals surface area contributed by atoms with Gasteiger partial charge in [-0.15, -0.1) is 0 Å². The third-order valence-corrected chi connectivity index (χ3v) is 4.80. The molecule has 7 heteroatoms. The topological polar surface area (TPSA) is 72.9 Å². The second-order valence-electron chi connectivity index (χ2n) is 5.92. The maximum Gasteiger partial charge on any atom is 0.326 e. The Kier molecular flexibility index (Phi) is 6.49. The van der Waals surface area contributed by atoms with Gasteiger partial charge in [-0.1, -0.05) is 42.5 Å². The Balaban J connectivity index is 1.62. The zero-order chi connectivity index (χ0) is 19.9. The van der Waals surface area contributed by atoms with Crippen molar-refractivity contribution >= 4 is 35.0 Å². The maximum absolute atomic E-state index is 12.4. The molecule has 0 unspecified atom stereocenters. The van der Waals surface area contributed by atoms with Crippen LogP contribution in [0.3, 0.4) is 0 Å². The summed E-state index contributed by atoms with van der Waals surface area (Å²) >= 11 is 0.808. The van der Waals surface area contributed by atoms with Crippen molar-refractivity contribution in [2.75, 3.05) is 13.2 Å². The van der Waals surface area contributed by atoms with Crippen LogP contribution in [0.2, 0.25) is 0 Å². The number of rotatable bonds is 7. The van der Waals surface area contributed by atoms with Crippen LogP contribution in [0.25, 0.3) is 6.08 Å². The molecule has 144 valence electrons. The number of imide groups is 1. The quantitative estimate of drug-likeness (QED) is 0.522. The first-order valence-electron chi connectivity index (χ1n) is 8.74. The lowest BCUT2D eigenvalue weighted by molar-refractivity contribution is -0.145. The van der Waals surface area contributed by atoms with Gasteiger partial charge in [0.1, 0.15) is 18.9 Å². The zero-order valence-corrected chi connectivity index (χ0v) is 16.1. The molecule has 0 aromatic heterocycles. The fraction of sp³-hybridized carbons (Fsp3) is 0.190. The Morgan fingerprint density at radius 1 is 1.07 bits per heavy atom. The van der Waals surface area contributed by atoms with Crippen molar-refractivity contribution in [3.05, 3.63) is 70.6 Å². The Hall–Kier alpha value is -3.06. The highest BCUT2D eigenvalue weighted by Gasteiger charge is 2.36. The van der Waals surface area contributed by atoms with E-state index in [1.165, 1.54) is 0 Å². The zero-order valence-electron chi connectivity index (χ0n) is 15.3. The van der Waals surface area contributed by atoms with Crippen LogP contribution in [0.4, 0.5) is 4.79 Å². The first kappa shape index (κ1) is 19.7. The van der Waals surface area contributed by atoms with E-state index in [2.05, 4.69) is 0 Å². The summed E-state index contributed by atoms with van der Waals surface area (Å²) in [4.78, 5) is 37.1. The van der Waals surface area contributed by atoms with Crippen molar-refractivity contribution in [1.82, 2.24) is 4.90 Å². The van der Waals surface area contributed by atoms with Crippen LogP contribution in [0.15, 0.2) is 59.5 Å². The Bertz CT molecular complexity index is 893. The van der Waals surface area contributed by atoms with Crippen LogP contribution in [-0.4, -0.2) is 35.2 Å². The molecule has 0 atom stereocenters. The van der Waals surface area contributed by atoms with Crippen LogP contribution in [-0.2, 0) is 20.9 Å². The van der Waals surface area contributed by atoms with Crippen LogP contribution < -0.4 is 4.74 Å². The molecule has 1 aliphatic heterocycles. The van der Waals surface area contributed by atoms with Crippen molar-refractivity contribution in [3.8, 4) is 5.75 Å². The molecule has 0 bridgehead atoms. The number of nitrogens with zero attached hydrogens (tertiary/aromatic N) is 1. The molecule has 1 fully saturated rings. The molecule has 3 rings (SSSR count). The Morgan fingerprint density at radius 3 is 2.46 bits per heavy atom. The average molecular weight is 397 g/mol. The van der Waals surface area contributed by atoms with Gasteiger partial charge in [0.25, 0.3) is 11.1 Å². The molecular weight excluding hydrogens is 378 g/mol. The summed E-state index contributed by atoms with van der Waals surface area (Å²) in [5.74, 6) is -0.394. The minimum atomic E-state index is -0.606. The highest BCUT2D eigenvalue weighted by molar-refractivity contribution is 8.18. The SMILES string of the molecule is CCOC(=O)CN1C(=O)S/C(=C\c2ccc(OCc3ccccc3)cc2)C1=O. The molecule has 28 heavy (non-hydrogen) atoms. The van der Waals surface area contributed by atoms with Gasteiger partial charge in [0.15, 0.2) is 0 Å². The standard InChI is InChI=1S/C21H19NO5S/c1-2-26-19(23)13-22-20(24)18(28-21(22)25)12-15-8-10-17(11-9-15)27-14-16-6-4-3-5-7-16/h3-12H,2,13-14H2,1H3/b18-12-. The third-order valence-electron chi connectivity index (χ3n) is 3.89. The van der Waals surface area contributed by atoms with E-state index in [1.54, 1.807) is 37.3 Å². The lowest BCUT2D eigenvalue weighted by Crippen LogP contribution is -2.34. The summed E-state index contributed by atoms with van der Waals surface area (Å²) in [6.07, 6.45) is 1.62. The molecular formula is C21H19NO5S. The number of hydrogen-bond acceptors (Lipinski definition) is 6. The van der Waals surface area contributed by atoms with Gasteiger partial charge in [-0.2, -0.15) is 0 Å². The highest BCUT2D eigenvalue weighted by atomic mass is 32.2. The summed E-state index contributed by atoms with van der Waals surface area (Å²) in [7, 11) is 0. The van der Waals surface area contributed by atoms with Crippen LogP contribution >= 0.6 is 11.8 Å². The molecule has 0 saturated carbocycles. The van der Waals surface area contributed by atoms with Gasteiger partial charge in [0.2, 0.25) is 0 Å². The number of benzene rings is 2. The number of carbonyl (C=O) groups is 3. The first-order valence-corrected chi connectivity index (χ1v) is 9.56. The number of carbonyl (C=O) groups excluding carboxylic acids is 3. The van der Waals surface area contributed by atoms with E-state index >= 15 is 0 Å². The van der Waals surface area contributed by atoms with E-state index < -0.39 is 17.1 Å². The van der Waals surface area contributed by atoms with Crippen LogP contribution in [0.5, 0.6) is 5.75 Å². The average Bonchev–Trinajstić information content (AvgIpc) is 2.96. The number of ether oxygens (including phenoxy) is 2. The van der Waals surface area contributed by atoms with Gasteiger partial charge < -0.3 is 9.47 Å². The molecule has 0 N–H and O–H groups in total. The number of thioether (sulfide) groups is 1. The van der Waals surface area contributed by atoms with E-state index in [-0.39, 0.29) is 18.1 Å². The second-order valence-corrected chi connectivity index (χ2v) is 6.91. The van der Waals surface area contributed by atoms with Crippen molar-refractivity contribution in [1.29, 1.82) is 0 Å². The molecule has 2 amide bonds. The predicted molar refractivity (Wildman–Crippen MR) is 107 cm³/mol. The Labute approximate surface area is 167 Å². The van der Waals surface area contributed by atoms with Crippen molar-refractivity contribution < 1.29 is 23.9 Å². The fourth-order valence-electron chi connectivity index (χ4n) is 2.52. The predicted octanol–water partition coefficient (Wildman–Crippen LogP) is 3.87. The van der Waals surface area contributed by atoms with Gasteiger partial charge in [-0.25, -0.2) is 0 Å². The summed E-state index contributed by atoms with van der Waals surface area (Å²) in [5, 5.41) is -0.480. The Morgan fingerprint density at radius 2 is 1.79 bits per heavy atom. The minimum absolute atomic E-state index is 0.198. The summed E-state index contributed by atoms with van der Waals surface area (Å²) in [6, 6.07) is 17.1. The lowest BCUT2D eigenvalue weighted by Gasteiger charge is -2.10. The van der Waals surface area contributed by atoms with E-state index in [0.29, 0.717) is 12.4 Å². The van der Waals surface area contributed by atoms with Gasteiger partial charge in [0, 0.05) is 0 Å². The van der Waals surface area contributed by atoms with Gasteiger partial charge >= 0.3 is 5.97 Å². The number of amides is 2. The largest absolute Gasteiger partial charge is 0.489 e.